The Morgan fingerprint density at radius 1 is 1.50 bits per heavy atom. The summed E-state index contributed by atoms with van der Waals surface area (Å²) in [4.78, 5) is 15.4. The zero-order valence-corrected chi connectivity index (χ0v) is 11.5. The van der Waals surface area contributed by atoms with Gasteiger partial charge in [-0.3, -0.25) is 4.79 Å². The maximum atomic E-state index is 12.2. The summed E-state index contributed by atoms with van der Waals surface area (Å²) in [6.07, 6.45) is 2.69. The summed E-state index contributed by atoms with van der Waals surface area (Å²) in [5.74, 6) is -0.264. The van der Waals surface area contributed by atoms with Gasteiger partial charge in [0.2, 0.25) is 0 Å². The summed E-state index contributed by atoms with van der Waals surface area (Å²) >= 11 is 4.91. The van der Waals surface area contributed by atoms with Crippen molar-refractivity contribution in [2.75, 3.05) is 0 Å². The summed E-state index contributed by atoms with van der Waals surface area (Å²) in [5.41, 5.74) is 1.84. The molecule has 1 fully saturated rings. The third-order valence-corrected chi connectivity index (χ3v) is 3.87. The first-order valence-corrected chi connectivity index (χ1v) is 6.91. The van der Waals surface area contributed by atoms with Crippen LogP contribution in [0.1, 0.15) is 29.6 Å². The molecular weight excluding hydrogens is 274 g/mol. The Hall–Kier alpha value is -2.13. The predicted molar refractivity (Wildman–Crippen MR) is 75.6 cm³/mol. The fourth-order valence-corrected chi connectivity index (χ4v) is 2.83. The Bertz CT molecular complexity index is 756. The van der Waals surface area contributed by atoms with Crippen molar-refractivity contribution in [2.45, 2.75) is 25.3 Å². The summed E-state index contributed by atoms with van der Waals surface area (Å²) < 4.78 is 5.30. The van der Waals surface area contributed by atoms with Gasteiger partial charge in [-0.05, 0) is 49.7 Å². The maximum absolute atomic E-state index is 12.2. The Morgan fingerprint density at radius 3 is 3.15 bits per heavy atom. The smallest absolute Gasteiger partial charge is 0.266 e. The van der Waals surface area contributed by atoms with Crippen LogP contribution in [0.4, 0.5) is 0 Å². The van der Waals surface area contributed by atoms with E-state index in [4.69, 9.17) is 21.9 Å². The standard InChI is InChI=1S/C14H13N3O2S/c15-7-9-2-1-3-10(9)16-13(18)8-4-5-11-12(6-8)19-14(20)17-11/h4-6,9-10H,1-3H2,(H,16,18)(H,17,20)/t9-,10+/m1/s1. The second-order valence-corrected chi connectivity index (χ2v) is 5.34. The molecule has 1 aromatic heterocycles. The maximum Gasteiger partial charge on any atom is 0.266 e. The van der Waals surface area contributed by atoms with Crippen molar-refractivity contribution in [3.63, 3.8) is 0 Å². The van der Waals surface area contributed by atoms with Crippen LogP contribution in [0, 0.1) is 22.1 Å². The number of amides is 1. The van der Waals surface area contributed by atoms with Crippen LogP contribution in [0.5, 0.6) is 0 Å². The first-order valence-electron chi connectivity index (χ1n) is 6.51. The minimum atomic E-state index is -0.179. The molecule has 1 aliphatic carbocycles. The van der Waals surface area contributed by atoms with Crippen molar-refractivity contribution < 1.29 is 9.21 Å². The van der Waals surface area contributed by atoms with E-state index in [1.54, 1.807) is 18.2 Å². The van der Waals surface area contributed by atoms with Crippen LogP contribution >= 0.6 is 12.2 Å². The van der Waals surface area contributed by atoms with Crippen LogP contribution in [0.2, 0.25) is 0 Å². The van der Waals surface area contributed by atoms with E-state index in [1.807, 2.05) is 0 Å². The number of nitrogens with one attached hydrogen (secondary N) is 2. The minimum Gasteiger partial charge on any atom is -0.429 e. The van der Waals surface area contributed by atoms with Crippen molar-refractivity contribution in [1.82, 2.24) is 10.3 Å². The van der Waals surface area contributed by atoms with E-state index in [0.717, 1.165) is 24.8 Å². The molecule has 2 N–H and O–H groups in total. The van der Waals surface area contributed by atoms with Crippen LogP contribution < -0.4 is 5.32 Å². The number of rotatable bonds is 2. The molecule has 102 valence electrons. The number of hydrogen-bond acceptors (Lipinski definition) is 4. The lowest BCUT2D eigenvalue weighted by Gasteiger charge is -2.15. The van der Waals surface area contributed by atoms with Gasteiger partial charge in [0.25, 0.3) is 10.7 Å². The van der Waals surface area contributed by atoms with Crippen molar-refractivity contribution in [1.29, 1.82) is 5.26 Å². The number of benzene rings is 1. The number of hydrogen-bond donors (Lipinski definition) is 2. The van der Waals surface area contributed by atoms with E-state index in [1.165, 1.54) is 0 Å². The van der Waals surface area contributed by atoms with E-state index in [9.17, 15) is 4.79 Å². The first-order chi connectivity index (χ1) is 9.67. The molecule has 0 radical (unpaired) electrons. The Morgan fingerprint density at radius 2 is 2.35 bits per heavy atom. The van der Waals surface area contributed by atoms with Crippen LogP contribution in [-0.4, -0.2) is 16.9 Å². The topological polar surface area (TPSA) is 81.8 Å². The minimum absolute atomic E-state index is 0.0547. The van der Waals surface area contributed by atoms with Gasteiger partial charge in [0, 0.05) is 11.6 Å². The first kappa shape index (κ1) is 12.9. The van der Waals surface area contributed by atoms with Gasteiger partial charge < -0.3 is 14.7 Å². The van der Waals surface area contributed by atoms with Gasteiger partial charge in [-0.1, -0.05) is 0 Å². The van der Waals surface area contributed by atoms with E-state index >= 15 is 0 Å². The number of nitrogens with zero attached hydrogens (tertiary/aromatic N) is 1. The highest BCUT2D eigenvalue weighted by atomic mass is 32.1. The van der Waals surface area contributed by atoms with E-state index < -0.39 is 0 Å². The number of H-pyrrole nitrogens is 1. The molecule has 0 bridgehead atoms. The molecule has 1 heterocycles. The zero-order valence-electron chi connectivity index (χ0n) is 10.7. The lowest BCUT2D eigenvalue weighted by atomic mass is 10.1. The molecule has 0 saturated heterocycles. The molecule has 5 nitrogen and oxygen atoms in total. The lowest BCUT2D eigenvalue weighted by Crippen LogP contribution is -2.36. The average molecular weight is 287 g/mol. The average Bonchev–Trinajstić information content (AvgIpc) is 3.02. The van der Waals surface area contributed by atoms with Gasteiger partial charge in [0.05, 0.1) is 17.5 Å². The van der Waals surface area contributed by atoms with E-state index in [-0.39, 0.29) is 22.7 Å². The highest BCUT2D eigenvalue weighted by Crippen LogP contribution is 2.25. The van der Waals surface area contributed by atoms with Crippen LogP contribution in [-0.2, 0) is 0 Å². The number of fused-ring (bicyclic) bond motifs is 1. The summed E-state index contributed by atoms with van der Waals surface area (Å²) in [7, 11) is 0. The number of oxazole rings is 1. The molecule has 0 spiro atoms. The third kappa shape index (κ3) is 2.32. The van der Waals surface area contributed by atoms with Crippen LogP contribution in [0.25, 0.3) is 11.1 Å². The molecule has 0 aliphatic heterocycles. The molecule has 2 aromatic rings. The highest BCUT2D eigenvalue weighted by Gasteiger charge is 2.28. The Balaban J connectivity index is 1.81. The molecule has 1 aromatic carbocycles. The second kappa shape index (κ2) is 5.10. The zero-order chi connectivity index (χ0) is 14.1. The number of aromatic amines is 1. The van der Waals surface area contributed by atoms with Gasteiger partial charge in [0.15, 0.2) is 5.58 Å². The summed E-state index contributed by atoms with van der Waals surface area (Å²) in [6.45, 7) is 0. The predicted octanol–water partition coefficient (Wildman–Crippen LogP) is 2.91. The van der Waals surface area contributed by atoms with Gasteiger partial charge in [-0.2, -0.15) is 5.26 Å². The third-order valence-electron chi connectivity index (χ3n) is 3.68. The van der Waals surface area contributed by atoms with Gasteiger partial charge >= 0.3 is 0 Å². The number of carbonyl (C=O) groups excluding carboxylic acids is 1. The molecule has 0 unspecified atom stereocenters. The SMILES string of the molecule is N#C[C@H]1CCC[C@@H]1NC(=O)c1ccc2[nH]c(=S)oc2c1. The second-order valence-electron chi connectivity index (χ2n) is 4.97. The molecule has 1 aliphatic rings. The number of carbonyl (C=O) groups is 1. The summed E-state index contributed by atoms with van der Waals surface area (Å²) in [6, 6.07) is 7.34. The van der Waals surface area contributed by atoms with Crippen molar-refractivity contribution in [3.8, 4) is 6.07 Å². The molecule has 20 heavy (non-hydrogen) atoms. The monoisotopic (exact) mass is 287 g/mol. The molecule has 1 amide bonds. The van der Waals surface area contributed by atoms with Gasteiger partial charge in [-0.15, -0.1) is 0 Å². The quantitative estimate of drug-likeness (QED) is 0.832. The fraction of sp³-hybridized carbons (Fsp3) is 0.357. The molecule has 2 atom stereocenters. The van der Waals surface area contributed by atoms with E-state index in [0.29, 0.717) is 11.1 Å². The Kier molecular flexibility index (Phi) is 3.28. The van der Waals surface area contributed by atoms with Crippen molar-refractivity contribution in [2.24, 2.45) is 5.92 Å². The number of aromatic nitrogens is 1. The lowest BCUT2D eigenvalue weighted by molar-refractivity contribution is 0.0933. The van der Waals surface area contributed by atoms with Crippen LogP contribution in [0.3, 0.4) is 0 Å². The van der Waals surface area contributed by atoms with Crippen LogP contribution in [0.15, 0.2) is 22.6 Å². The molecule has 1 saturated carbocycles. The van der Waals surface area contributed by atoms with Crippen molar-refractivity contribution in [3.05, 3.63) is 28.6 Å². The van der Waals surface area contributed by atoms with Gasteiger partial charge in [0.1, 0.15) is 0 Å². The molecular formula is C14H13N3O2S. The summed E-state index contributed by atoms with van der Waals surface area (Å²) in [5, 5.41) is 12.0. The normalized spacial score (nSPS) is 21.8. The van der Waals surface area contributed by atoms with Crippen molar-refractivity contribution >= 4 is 29.2 Å². The molecule has 6 heteroatoms. The largest absolute Gasteiger partial charge is 0.429 e. The fourth-order valence-electron chi connectivity index (χ4n) is 2.63. The van der Waals surface area contributed by atoms with Gasteiger partial charge in [-0.25, -0.2) is 0 Å². The van der Waals surface area contributed by atoms with E-state index in [2.05, 4.69) is 16.4 Å². The number of nitriles is 1. The Labute approximate surface area is 120 Å². The highest BCUT2D eigenvalue weighted by molar-refractivity contribution is 7.71. The molecule has 3 rings (SSSR count).